The number of pyridine rings is 1. The molecule has 164 valence electrons. The fraction of sp³-hybridized carbons (Fsp3) is 0.217. The molecule has 0 saturated carbocycles. The van der Waals surface area contributed by atoms with Crippen LogP contribution in [0.2, 0.25) is 5.15 Å². The van der Waals surface area contributed by atoms with Crippen molar-refractivity contribution in [1.29, 1.82) is 0 Å². The molecule has 7 nitrogen and oxygen atoms in total. The van der Waals surface area contributed by atoms with Crippen molar-refractivity contribution in [2.24, 2.45) is 0 Å². The summed E-state index contributed by atoms with van der Waals surface area (Å²) in [6, 6.07) is 11.0. The first-order valence-electron chi connectivity index (χ1n) is 9.85. The smallest absolute Gasteiger partial charge is 0.342 e. The summed E-state index contributed by atoms with van der Waals surface area (Å²) < 4.78 is 10.2. The number of esters is 2. The molecule has 2 heterocycles. The Kier molecular flexibility index (Phi) is 6.25. The summed E-state index contributed by atoms with van der Waals surface area (Å²) in [6.45, 7) is 1.44. The molecule has 3 aromatic rings. The lowest BCUT2D eigenvalue weighted by Crippen LogP contribution is -2.30. The quantitative estimate of drug-likeness (QED) is 0.434. The summed E-state index contributed by atoms with van der Waals surface area (Å²) in [5, 5.41) is 3.09. The molecule has 1 amide bonds. The Balaban J connectivity index is 1.59. The highest BCUT2D eigenvalue weighted by Crippen LogP contribution is 2.45. The average molecular weight is 471 g/mol. The lowest BCUT2D eigenvalue weighted by molar-refractivity contribution is -0.123. The Bertz CT molecular complexity index is 1220. The number of aromatic nitrogens is 1. The van der Waals surface area contributed by atoms with Gasteiger partial charge < -0.3 is 14.8 Å². The van der Waals surface area contributed by atoms with Gasteiger partial charge in [-0.05, 0) is 48.6 Å². The maximum Gasteiger partial charge on any atom is 0.342 e. The molecule has 1 atom stereocenters. The molecule has 0 bridgehead atoms. The van der Waals surface area contributed by atoms with E-state index in [1.807, 2.05) is 18.2 Å². The van der Waals surface area contributed by atoms with Crippen molar-refractivity contribution in [3.8, 4) is 10.4 Å². The maximum atomic E-state index is 12.8. The molecule has 32 heavy (non-hydrogen) atoms. The van der Waals surface area contributed by atoms with E-state index in [1.165, 1.54) is 43.2 Å². The Morgan fingerprint density at radius 3 is 2.66 bits per heavy atom. The van der Waals surface area contributed by atoms with Crippen molar-refractivity contribution in [3.63, 3.8) is 0 Å². The summed E-state index contributed by atoms with van der Waals surface area (Å²) in [4.78, 5) is 42.5. The van der Waals surface area contributed by atoms with Gasteiger partial charge in [0.15, 0.2) is 6.10 Å². The maximum absolute atomic E-state index is 12.8. The van der Waals surface area contributed by atoms with Crippen LogP contribution in [0.4, 0.5) is 5.00 Å². The number of aryl methyl sites for hydroxylation is 1. The van der Waals surface area contributed by atoms with Gasteiger partial charge in [0.2, 0.25) is 0 Å². The topological polar surface area (TPSA) is 94.6 Å². The van der Waals surface area contributed by atoms with E-state index in [0.29, 0.717) is 17.0 Å². The molecule has 4 rings (SSSR count). The number of carbonyl (C=O) groups is 3. The number of halogens is 1. The minimum atomic E-state index is -1.13. The van der Waals surface area contributed by atoms with Crippen LogP contribution in [0.25, 0.3) is 10.4 Å². The number of anilines is 1. The van der Waals surface area contributed by atoms with Gasteiger partial charge >= 0.3 is 11.9 Å². The van der Waals surface area contributed by atoms with Gasteiger partial charge in [-0.2, -0.15) is 0 Å². The molecule has 1 aliphatic carbocycles. The standard InChI is InChI=1S/C23H19ClN2O5S/c1-12(31-22(28)16-8-5-11-25-19(16)24)20(27)26-21-17(23(29)30-2)15-10-9-13-6-3-4-7-14(13)18(15)32-21/h3-8,11-12H,9-10H2,1-2H3,(H,26,27). The number of amides is 1. The number of ether oxygens (including phenoxy) is 2. The fourth-order valence-electron chi connectivity index (χ4n) is 3.58. The summed E-state index contributed by atoms with van der Waals surface area (Å²) in [5.74, 6) is -1.86. The number of benzene rings is 1. The van der Waals surface area contributed by atoms with Gasteiger partial charge in [-0.1, -0.05) is 35.9 Å². The highest BCUT2D eigenvalue weighted by atomic mass is 35.5. The zero-order valence-corrected chi connectivity index (χ0v) is 18.9. The zero-order chi connectivity index (χ0) is 22.8. The van der Waals surface area contributed by atoms with Gasteiger partial charge in [0, 0.05) is 11.1 Å². The summed E-state index contributed by atoms with van der Waals surface area (Å²) in [6.07, 6.45) is 1.76. The Morgan fingerprint density at radius 1 is 1.12 bits per heavy atom. The molecule has 0 radical (unpaired) electrons. The number of thiophene rings is 1. The minimum absolute atomic E-state index is 0.0114. The normalized spacial score (nSPS) is 12.8. The second-order valence-corrected chi connectivity index (χ2v) is 8.52. The van der Waals surface area contributed by atoms with E-state index in [2.05, 4.69) is 16.4 Å². The van der Waals surface area contributed by atoms with Crippen molar-refractivity contribution in [2.75, 3.05) is 12.4 Å². The van der Waals surface area contributed by atoms with E-state index in [-0.39, 0.29) is 10.7 Å². The second-order valence-electron chi connectivity index (χ2n) is 7.14. The molecule has 1 aromatic carbocycles. The Hall–Kier alpha value is -3.23. The van der Waals surface area contributed by atoms with Crippen LogP contribution < -0.4 is 5.32 Å². The number of nitrogens with zero attached hydrogens (tertiary/aromatic N) is 1. The number of carbonyl (C=O) groups excluding carboxylic acids is 3. The van der Waals surface area contributed by atoms with Gasteiger partial charge in [0.1, 0.15) is 10.2 Å². The van der Waals surface area contributed by atoms with Crippen LogP contribution in [0.15, 0.2) is 42.6 Å². The number of hydrogen-bond donors (Lipinski definition) is 1. The SMILES string of the molecule is COC(=O)c1c(NC(=O)C(C)OC(=O)c2cccnc2Cl)sc2c1CCc1ccccc1-2. The number of methoxy groups -OCH3 is 1. The monoisotopic (exact) mass is 470 g/mol. The van der Waals surface area contributed by atoms with Crippen LogP contribution >= 0.6 is 22.9 Å². The van der Waals surface area contributed by atoms with Crippen molar-refractivity contribution in [3.05, 3.63) is 70.0 Å². The molecule has 1 N–H and O–H groups in total. The lowest BCUT2D eigenvalue weighted by atomic mass is 9.89. The molecule has 1 aliphatic rings. The van der Waals surface area contributed by atoms with Gasteiger partial charge in [-0.25, -0.2) is 14.6 Å². The van der Waals surface area contributed by atoms with Crippen LogP contribution in [0.3, 0.4) is 0 Å². The van der Waals surface area contributed by atoms with E-state index in [0.717, 1.165) is 22.4 Å². The predicted octanol–water partition coefficient (Wildman–Crippen LogP) is 4.53. The third-order valence-electron chi connectivity index (χ3n) is 5.17. The van der Waals surface area contributed by atoms with Crippen molar-refractivity contribution < 1.29 is 23.9 Å². The summed E-state index contributed by atoms with van der Waals surface area (Å²) in [5.41, 5.74) is 3.47. The molecule has 9 heteroatoms. The van der Waals surface area contributed by atoms with E-state index in [9.17, 15) is 14.4 Å². The zero-order valence-electron chi connectivity index (χ0n) is 17.3. The number of hydrogen-bond acceptors (Lipinski definition) is 7. The number of nitrogens with one attached hydrogen (secondary N) is 1. The largest absolute Gasteiger partial charge is 0.465 e. The number of rotatable bonds is 5. The first-order chi connectivity index (χ1) is 15.4. The molecular formula is C23H19ClN2O5S. The fourth-order valence-corrected chi connectivity index (χ4v) is 5.07. The first kappa shape index (κ1) is 22.0. The van der Waals surface area contributed by atoms with E-state index >= 15 is 0 Å². The molecule has 0 aliphatic heterocycles. The van der Waals surface area contributed by atoms with E-state index in [4.69, 9.17) is 21.1 Å². The minimum Gasteiger partial charge on any atom is -0.465 e. The van der Waals surface area contributed by atoms with Crippen molar-refractivity contribution >= 4 is 45.8 Å². The summed E-state index contributed by atoms with van der Waals surface area (Å²) >= 11 is 7.23. The first-order valence-corrected chi connectivity index (χ1v) is 11.0. The third-order valence-corrected chi connectivity index (χ3v) is 6.65. The molecule has 2 aromatic heterocycles. The van der Waals surface area contributed by atoms with Crippen LogP contribution in [-0.2, 0) is 27.1 Å². The van der Waals surface area contributed by atoms with E-state index in [1.54, 1.807) is 6.07 Å². The van der Waals surface area contributed by atoms with Crippen LogP contribution in [0, 0.1) is 0 Å². The van der Waals surface area contributed by atoms with Gasteiger partial charge in [0.25, 0.3) is 5.91 Å². The number of fused-ring (bicyclic) bond motifs is 3. The third kappa shape index (κ3) is 4.11. The van der Waals surface area contributed by atoms with Crippen LogP contribution in [0.1, 0.15) is 38.8 Å². The summed E-state index contributed by atoms with van der Waals surface area (Å²) in [7, 11) is 1.30. The average Bonchev–Trinajstić information content (AvgIpc) is 3.17. The molecule has 0 saturated heterocycles. The second kappa shape index (κ2) is 9.10. The molecule has 1 unspecified atom stereocenters. The molecular weight excluding hydrogens is 452 g/mol. The van der Waals surface area contributed by atoms with Crippen molar-refractivity contribution in [2.45, 2.75) is 25.9 Å². The van der Waals surface area contributed by atoms with E-state index < -0.39 is 23.9 Å². The predicted molar refractivity (Wildman–Crippen MR) is 121 cm³/mol. The highest BCUT2D eigenvalue weighted by Gasteiger charge is 2.30. The van der Waals surface area contributed by atoms with Gasteiger partial charge in [-0.3, -0.25) is 4.79 Å². The van der Waals surface area contributed by atoms with Crippen LogP contribution in [-0.4, -0.2) is 36.0 Å². The van der Waals surface area contributed by atoms with Gasteiger partial charge in [-0.15, -0.1) is 11.3 Å². The Morgan fingerprint density at radius 2 is 1.91 bits per heavy atom. The van der Waals surface area contributed by atoms with Crippen LogP contribution in [0.5, 0.6) is 0 Å². The van der Waals surface area contributed by atoms with Gasteiger partial charge in [0.05, 0.1) is 18.2 Å². The molecule has 0 fully saturated rings. The lowest BCUT2D eigenvalue weighted by Gasteiger charge is -2.16. The van der Waals surface area contributed by atoms with Crippen molar-refractivity contribution in [1.82, 2.24) is 4.98 Å². The molecule has 0 spiro atoms. The Labute approximate surface area is 193 Å². The highest BCUT2D eigenvalue weighted by molar-refractivity contribution is 7.20.